The SMILES string of the molecule is CNC(=S)NCCC(=O)c1cc(OC)ccc1[N+](=O)[O-]. The molecular weight excluding hydrogens is 282 g/mol. The van der Waals surface area contributed by atoms with Crippen LogP contribution in [-0.4, -0.2) is 36.5 Å². The summed E-state index contributed by atoms with van der Waals surface area (Å²) in [7, 11) is 3.09. The molecule has 0 spiro atoms. The average molecular weight is 297 g/mol. The van der Waals surface area contributed by atoms with Crippen molar-refractivity contribution in [3.8, 4) is 5.75 Å². The van der Waals surface area contributed by atoms with Crippen molar-refractivity contribution < 1.29 is 14.5 Å². The number of hydrogen-bond donors (Lipinski definition) is 2. The van der Waals surface area contributed by atoms with Crippen molar-refractivity contribution in [2.75, 3.05) is 20.7 Å². The number of methoxy groups -OCH3 is 1. The predicted molar refractivity (Wildman–Crippen MR) is 78.3 cm³/mol. The minimum Gasteiger partial charge on any atom is -0.497 e. The van der Waals surface area contributed by atoms with Crippen LogP contribution in [0.15, 0.2) is 18.2 Å². The Kier molecular flexibility index (Phi) is 5.85. The van der Waals surface area contributed by atoms with Gasteiger partial charge in [-0.05, 0) is 24.4 Å². The normalized spacial score (nSPS) is 9.70. The maximum atomic E-state index is 12.0. The summed E-state index contributed by atoms with van der Waals surface area (Å²) in [6.07, 6.45) is 0.0931. The van der Waals surface area contributed by atoms with Crippen LogP contribution in [0.4, 0.5) is 5.69 Å². The highest BCUT2D eigenvalue weighted by Crippen LogP contribution is 2.25. The number of nitro benzene ring substituents is 1. The molecule has 1 aromatic carbocycles. The molecule has 0 saturated carbocycles. The average Bonchev–Trinajstić information content (AvgIpc) is 2.45. The van der Waals surface area contributed by atoms with Gasteiger partial charge in [-0.25, -0.2) is 0 Å². The number of nitrogens with zero attached hydrogens (tertiary/aromatic N) is 1. The Hall–Kier alpha value is -2.22. The number of nitro groups is 1. The number of ketones is 1. The van der Waals surface area contributed by atoms with Crippen LogP contribution in [-0.2, 0) is 0 Å². The van der Waals surface area contributed by atoms with Gasteiger partial charge in [0.05, 0.1) is 17.6 Å². The maximum absolute atomic E-state index is 12.0. The van der Waals surface area contributed by atoms with Gasteiger partial charge in [-0.3, -0.25) is 14.9 Å². The van der Waals surface area contributed by atoms with Crippen LogP contribution >= 0.6 is 12.2 Å². The Morgan fingerprint density at radius 3 is 2.75 bits per heavy atom. The lowest BCUT2D eigenvalue weighted by Gasteiger charge is -2.07. The third-order valence-corrected chi connectivity index (χ3v) is 2.91. The highest BCUT2D eigenvalue weighted by molar-refractivity contribution is 7.80. The minimum absolute atomic E-state index is 0.0338. The molecule has 0 aliphatic carbocycles. The highest BCUT2D eigenvalue weighted by atomic mass is 32.1. The number of thiocarbonyl (C=S) groups is 1. The van der Waals surface area contributed by atoms with Crippen molar-refractivity contribution in [1.29, 1.82) is 0 Å². The standard InChI is InChI=1S/C12H15N3O4S/c1-13-12(20)14-6-5-11(16)9-7-8(19-2)3-4-10(9)15(17)18/h3-4,7H,5-6H2,1-2H3,(H2,13,14,20). The summed E-state index contributed by atoms with van der Waals surface area (Å²) in [5.74, 6) is 0.0552. The van der Waals surface area contributed by atoms with Crippen LogP contribution in [0, 0.1) is 10.1 Å². The largest absolute Gasteiger partial charge is 0.497 e. The second-order valence-corrected chi connectivity index (χ2v) is 4.23. The van der Waals surface area contributed by atoms with Crippen molar-refractivity contribution in [3.63, 3.8) is 0 Å². The fourth-order valence-corrected chi connectivity index (χ4v) is 1.64. The molecular formula is C12H15N3O4S. The van der Waals surface area contributed by atoms with Crippen LogP contribution in [0.5, 0.6) is 5.75 Å². The van der Waals surface area contributed by atoms with Gasteiger partial charge in [-0.15, -0.1) is 0 Å². The number of hydrogen-bond acceptors (Lipinski definition) is 5. The lowest BCUT2D eigenvalue weighted by atomic mass is 10.1. The summed E-state index contributed by atoms with van der Waals surface area (Å²) < 4.78 is 4.98. The first-order valence-electron chi connectivity index (χ1n) is 5.80. The first-order chi connectivity index (χ1) is 9.49. The van der Waals surface area contributed by atoms with E-state index in [1.807, 2.05) is 0 Å². The molecule has 1 rings (SSSR count). The van der Waals surface area contributed by atoms with Crippen LogP contribution in [0.1, 0.15) is 16.8 Å². The number of rotatable bonds is 6. The molecule has 0 heterocycles. The van der Waals surface area contributed by atoms with Gasteiger partial charge in [0.15, 0.2) is 10.9 Å². The van der Waals surface area contributed by atoms with E-state index in [-0.39, 0.29) is 23.5 Å². The zero-order valence-corrected chi connectivity index (χ0v) is 12.0. The zero-order chi connectivity index (χ0) is 15.1. The fourth-order valence-electron chi connectivity index (χ4n) is 1.54. The molecule has 20 heavy (non-hydrogen) atoms. The van der Waals surface area contributed by atoms with Crippen LogP contribution in [0.2, 0.25) is 0 Å². The molecule has 0 atom stereocenters. The lowest BCUT2D eigenvalue weighted by molar-refractivity contribution is -0.385. The molecule has 0 aliphatic rings. The predicted octanol–water partition coefficient (Wildman–Crippen LogP) is 1.27. The van der Waals surface area contributed by atoms with E-state index in [1.165, 1.54) is 25.3 Å². The lowest BCUT2D eigenvalue weighted by Crippen LogP contribution is -2.33. The van der Waals surface area contributed by atoms with Crippen LogP contribution < -0.4 is 15.4 Å². The summed E-state index contributed by atoms with van der Waals surface area (Å²) in [6, 6.07) is 4.08. The van der Waals surface area contributed by atoms with E-state index < -0.39 is 4.92 Å². The summed E-state index contributed by atoms with van der Waals surface area (Å²) in [5, 5.41) is 16.9. The molecule has 0 aromatic heterocycles. The summed E-state index contributed by atoms with van der Waals surface area (Å²) in [6.45, 7) is 0.298. The van der Waals surface area contributed by atoms with Gasteiger partial charge < -0.3 is 15.4 Å². The molecule has 0 fully saturated rings. The molecule has 108 valence electrons. The van der Waals surface area contributed by atoms with Gasteiger partial charge in [-0.1, -0.05) is 0 Å². The summed E-state index contributed by atoms with van der Waals surface area (Å²) in [4.78, 5) is 22.4. The van der Waals surface area contributed by atoms with E-state index in [2.05, 4.69) is 10.6 Å². The first-order valence-corrected chi connectivity index (χ1v) is 6.21. The van der Waals surface area contributed by atoms with Crippen LogP contribution in [0.25, 0.3) is 0 Å². The van der Waals surface area contributed by atoms with Crippen LogP contribution in [0.3, 0.4) is 0 Å². The Morgan fingerprint density at radius 2 is 2.20 bits per heavy atom. The topological polar surface area (TPSA) is 93.5 Å². The summed E-state index contributed by atoms with van der Waals surface area (Å²) in [5.41, 5.74) is -0.196. The van der Waals surface area contributed by atoms with Gasteiger partial charge in [0.2, 0.25) is 0 Å². The van der Waals surface area contributed by atoms with E-state index in [0.717, 1.165) is 0 Å². The third kappa shape index (κ3) is 4.16. The van der Waals surface area contributed by atoms with Crippen molar-refractivity contribution in [1.82, 2.24) is 10.6 Å². The first kappa shape index (κ1) is 15.8. The summed E-state index contributed by atoms with van der Waals surface area (Å²) >= 11 is 4.87. The second kappa shape index (κ2) is 7.39. The van der Waals surface area contributed by atoms with E-state index in [9.17, 15) is 14.9 Å². The molecule has 0 radical (unpaired) electrons. The van der Waals surface area contributed by atoms with Crippen molar-refractivity contribution in [2.45, 2.75) is 6.42 Å². The number of ether oxygens (including phenoxy) is 1. The molecule has 7 nitrogen and oxygen atoms in total. The molecule has 8 heteroatoms. The van der Waals surface area contributed by atoms with E-state index in [4.69, 9.17) is 17.0 Å². The molecule has 0 unspecified atom stereocenters. The Balaban J connectivity index is 2.84. The van der Waals surface area contributed by atoms with Gasteiger partial charge >= 0.3 is 0 Å². The van der Waals surface area contributed by atoms with Gasteiger partial charge in [-0.2, -0.15) is 0 Å². The molecule has 0 saturated heterocycles. The number of carbonyl (C=O) groups excluding carboxylic acids is 1. The van der Waals surface area contributed by atoms with E-state index >= 15 is 0 Å². The van der Waals surface area contributed by atoms with Gasteiger partial charge in [0, 0.05) is 26.1 Å². The Bertz CT molecular complexity index is 533. The second-order valence-electron chi connectivity index (χ2n) is 3.82. The molecule has 2 N–H and O–H groups in total. The number of nitrogens with one attached hydrogen (secondary N) is 2. The van der Waals surface area contributed by atoms with Crippen molar-refractivity contribution in [3.05, 3.63) is 33.9 Å². The quantitative estimate of drug-likeness (QED) is 0.353. The number of carbonyl (C=O) groups is 1. The maximum Gasteiger partial charge on any atom is 0.280 e. The fraction of sp³-hybridized carbons (Fsp3) is 0.333. The molecule has 1 aromatic rings. The Morgan fingerprint density at radius 1 is 1.50 bits per heavy atom. The monoisotopic (exact) mass is 297 g/mol. The van der Waals surface area contributed by atoms with Crippen molar-refractivity contribution >= 4 is 28.8 Å². The molecule has 0 aliphatic heterocycles. The van der Waals surface area contributed by atoms with Gasteiger partial charge in [0.25, 0.3) is 5.69 Å². The highest BCUT2D eigenvalue weighted by Gasteiger charge is 2.20. The minimum atomic E-state index is -0.585. The van der Waals surface area contributed by atoms with Gasteiger partial charge in [0.1, 0.15) is 5.75 Å². The van der Waals surface area contributed by atoms with Crippen molar-refractivity contribution in [2.24, 2.45) is 0 Å². The van der Waals surface area contributed by atoms with E-state index in [0.29, 0.717) is 17.4 Å². The number of benzene rings is 1. The molecule has 0 amide bonds. The smallest absolute Gasteiger partial charge is 0.280 e. The Labute approximate surface area is 121 Å². The molecule has 0 bridgehead atoms. The zero-order valence-electron chi connectivity index (χ0n) is 11.1. The van der Waals surface area contributed by atoms with E-state index in [1.54, 1.807) is 7.05 Å². The third-order valence-electron chi connectivity index (χ3n) is 2.57. The number of Topliss-reactive ketones (excluding diaryl/α,β-unsaturated/α-hetero) is 1.